The van der Waals surface area contributed by atoms with E-state index < -0.39 is 28.4 Å². The summed E-state index contributed by atoms with van der Waals surface area (Å²) >= 11 is 0. The zero-order chi connectivity index (χ0) is 16.0. The highest BCUT2D eigenvalue weighted by atomic mass is 32.2. The van der Waals surface area contributed by atoms with E-state index in [-0.39, 0.29) is 23.7 Å². The second-order valence-corrected chi connectivity index (χ2v) is 6.62. The summed E-state index contributed by atoms with van der Waals surface area (Å²) < 4.78 is 22.0. The number of aliphatic carboxylic acids is 1. The number of carbonyl (C=O) groups excluding carboxylic acids is 1. The lowest BCUT2D eigenvalue weighted by molar-refractivity contribution is -0.135. The van der Waals surface area contributed by atoms with Crippen molar-refractivity contribution in [1.82, 2.24) is 5.32 Å². The van der Waals surface area contributed by atoms with E-state index in [9.17, 15) is 23.1 Å². The number of urea groups is 1. The van der Waals surface area contributed by atoms with Crippen molar-refractivity contribution in [3.05, 3.63) is 24.3 Å². The fourth-order valence-electron chi connectivity index (χ4n) is 1.49. The highest BCUT2D eigenvalue weighted by molar-refractivity contribution is 7.90. The molecule has 1 aromatic rings. The Morgan fingerprint density at radius 3 is 2.29 bits per heavy atom. The summed E-state index contributed by atoms with van der Waals surface area (Å²) in [5.74, 6) is -1.48. The number of rotatable bonds is 6. The van der Waals surface area contributed by atoms with Crippen LogP contribution in [0.1, 0.15) is 0 Å². The molecule has 0 spiro atoms. The molecule has 0 atom stereocenters. The molecule has 1 rings (SSSR count). The molecule has 0 heterocycles. The number of phenolic OH excluding ortho intramolecular Hbond substituents is 1. The van der Waals surface area contributed by atoms with E-state index in [4.69, 9.17) is 5.11 Å². The molecule has 0 radical (unpaired) electrons. The number of phenols is 1. The van der Waals surface area contributed by atoms with Crippen molar-refractivity contribution >= 4 is 27.5 Å². The summed E-state index contributed by atoms with van der Waals surface area (Å²) in [6.45, 7) is -0.707. The topological polar surface area (TPSA) is 124 Å². The van der Waals surface area contributed by atoms with Gasteiger partial charge in [0.25, 0.3) is 0 Å². The smallest absolute Gasteiger partial charge is 0.323 e. The van der Waals surface area contributed by atoms with Crippen LogP contribution in [0.3, 0.4) is 0 Å². The maximum atomic E-state index is 11.9. The van der Waals surface area contributed by atoms with E-state index in [1.54, 1.807) is 0 Å². The standard InChI is InChI=1S/C12H16N2O6S/c1-21(19,20)7-6-13-12(18)14(8-11(16)17)9-2-4-10(15)5-3-9/h2-5,15H,6-8H2,1H3,(H,13,18)(H,16,17). The first kappa shape index (κ1) is 16.8. The predicted molar refractivity (Wildman–Crippen MR) is 76.2 cm³/mol. The number of carbonyl (C=O) groups is 2. The number of aromatic hydroxyl groups is 1. The molecule has 2 amide bonds. The SMILES string of the molecule is CS(=O)(=O)CCNC(=O)N(CC(=O)O)c1ccc(O)cc1. The van der Waals surface area contributed by atoms with Crippen LogP contribution in [0.2, 0.25) is 0 Å². The number of sulfone groups is 1. The molecule has 0 saturated carbocycles. The molecule has 1 aromatic carbocycles. The van der Waals surface area contributed by atoms with Crippen molar-refractivity contribution < 1.29 is 28.2 Å². The number of benzene rings is 1. The molecule has 0 aromatic heterocycles. The van der Waals surface area contributed by atoms with Gasteiger partial charge in [-0.05, 0) is 24.3 Å². The molecule has 116 valence electrons. The zero-order valence-electron chi connectivity index (χ0n) is 11.3. The maximum Gasteiger partial charge on any atom is 0.323 e. The van der Waals surface area contributed by atoms with Crippen LogP contribution in [0, 0.1) is 0 Å². The van der Waals surface area contributed by atoms with E-state index in [0.29, 0.717) is 0 Å². The minimum atomic E-state index is -3.22. The van der Waals surface area contributed by atoms with Crippen LogP contribution < -0.4 is 10.2 Å². The van der Waals surface area contributed by atoms with E-state index in [1.165, 1.54) is 24.3 Å². The van der Waals surface area contributed by atoms with E-state index in [1.807, 2.05) is 0 Å². The average Bonchev–Trinajstić information content (AvgIpc) is 2.35. The molecular formula is C12H16N2O6S. The van der Waals surface area contributed by atoms with E-state index >= 15 is 0 Å². The van der Waals surface area contributed by atoms with Crippen molar-refractivity contribution in [2.24, 2.45) is 0 Å². The van der Waals surface area contributed by atoms with Gasteiger partial charge in [-0.25, -0.2) is 13.2 Å². The number of nitrogens with zero attached hydrogens (tertiary/aromatic N) is 1. The highest BCUT2D eigenvalue weighted by Gasteiger charge is 2.18. The van der Waals surface area contributed by atoms with Crippen LogP contribution in [0.4, 0.5) is 10.5 Å². The first-order valence-corrected chi connectivity index (χ1v) is 7.99. The number of carboxylic acid groups (broad SMARTS) is 1. The van der Waals surface area contributed by atoms with Crippen LogP contribution in [-0.2, 0) is 14.6 Å². The Bertz CT molecular complexity index is 611. The van der Waals surface area contributed by atoms with Gasteiger partial charge in [-0.3, -0.25) is 9.69 Å². The molecule has 8 nitrogen and oxygen atoms in total. The summed E-state index contributed by atoms with van der Waals surface area (Å²) in [7, 11) is -3.22. The molecule has 3 N–H and O–H groups in total. The van der Waals surface area contributed by atoms with Crippen LogP contribution >= 0.6 is 0 Å². The quantitative estimate of drug-likeness (QED) is 0.680. The normalized spacial score (nSPS) is 10.9. The third-order valence-corrected chi connectivity index (χ3v) is 3.39. The lowest BCUT2D eigenvalue weighted by Gasteiger charge is -2.21. The molecule has 0 fully saturated rings. The molecule has 0 saturated heterocycles. The third-order valence-electron chi connectivity index (χ3n) is 2.45. The molecular weight excluding hydrogens is 300 g/mol. The van der Waals surface area contributed by atoms with Crippen molar-refractivity contribution in [3.63, 3.8) is 0 Å². The van der Waals surface area contributed by atoms with Gasteiger partial charge < -0.3 is 15.5 Å². The minimum Gasteiger partial charge on any atom is -0.508 e. The Morgan fingerprint density at radius 1 is 1.24 bits per heavy atom. The van der Waals surface area contributed by atoms with Gasteiger partial charge in [0.15, 0.2) is 0 Å². The summed E-state index contributed by atoms with van der Waals surface area (Å²) in [6, 6.07) is 4.66. The van der Waals surface area contributed by atoms with E-state index in [2.05, 4.69) is 5.32 Å². The molecule has 0 unspecified atom stereocenters. The summed E-state index contributed by atoms with van der Waals surface area (Å²) in [4.78, 5) is 23.7. The van der Waals surface area contributed by atoms with Gasteiger partial charge in [0.1, 0.15) is 22.1 Å². The molecule has 0 aliphatic carbocycles. The summed E-state index contributed by atoms with van der Waals surface area (Å²) in [5.41, 5.74) is 0.270. The number of nitrogens with one attached hydrogen (secondary N) is 1. The fraction of sp³-hybridized carbons (Fsp3) is 0.333. The van der Waals surface area contributed by atoms with Crippen LogP contribution in [0.15, 0.2) is 24.3 Å². The predicted octanol–water partition coefficient (Wildman–Crippen LogP) is 0.0374. The number of anilines is 1. The monoisotopic (exact) mass is 316 g/mol. The Hall–Kier alpha value is -2.29. The Balaban J connectivity index is 2.79. The number of carboxylic acids is 1. The fourth-order valence-corrected chi connectivity index (χ4v) is 1.96. The lowest BCUT2D eigenvalue weighted by atomic mass is 10.3. The molecule has 9 heteroatoms. The maximum absolute atomic E-state index is 11.9. The Labute approximate surface area is 121 Å². The van der Waals surface area contributed by atoms with Gasteiger partial charge in [0, 0.05) is 18.5 Å². The minimum absolute atomic E-state index is 0.0218. The molecule has 0 aliphatic heterocycles. The molecule has 0 aliphatic rings. The largest absolute Gasteiger partial charge is 0.508 e. The first-order chi connectivity index (χ1) is 9.69. The molecule has 21 heavy (non-hydrogen) atoms. The second kappa shape index (κ2) is 6.93. The van der Waals surface area contributed by atoms with Gasteiger partial charge in [0.05, 0.1) is 5.75 Å². The first-order valence-electron chi connectivity index (χ1n) is 5.93. The van der Waals surface area contributed by atoms with Crippen molar-refractivity contribution in [2.45, 2.75) is 0 Å². The molecule has 0 bridgehead atoms. The van der Waals surface area contributed by atoms with Gasteiger partial charge in [-0.1, -0.05) is 0 Å². The zero-order valence-corrected chi connectivity index (χ0v) is 12.1. The van der Waals surface area contributed by atoms with E-state index in [0.717, 1.165) is 11.2 Å². The van der Waals surface area contributed by atoms with Crippen molar-refractivity contribution in [2.75, 3.05) is 30.0 Å². The third kappa shape index (κ3) is 6.13. The van der Waals surface area contributed by atoms with Crippen LogP contribution in [-0.4, -0.2) is 55.7 Å². The highest BCUT2D eigenvalue weighted by Crippen LogP contribution is 2.18. The van der Waals surface area contributed by atoms with Crippen molar-refractivity contribution in [1.29, 1.82) is 0 Å². The van der Waals surface area contributed by atoms with Gasteiger partial charge in [0.2, 0.25) is 0 Å². The van der Waals surface area contributed by atoms with Crippen LogP contribution in [0.5, 0.6) is 5.75 Å². The lowest BCUT2D eigenvalue weighted by Crippen LogP contribution is -2.44. The Morgan fingerprint density at radius 2 is 1.81 bits per heavy atom. The van der Waals surface area contributed by atoms with Gasteiger partial charge in [-0.2, -0.15) is 0 Å². The second-order valence-electron chi connectivity index (χ2n) is 4.36. The Kier molecular flexibility index (Phi) is 5.53. The number of hydrogen-bond acceptors (Lipinski definition) is 5. The summed E-state index contributed by atoms with van der Waals surface area (Å²) in [5, 5.41) is 20.4. The summed E-state index contributed by atoms with van der Waals surface area (Å²) in [6.07, 6.45) is 1.04. The van der Waals surface area contributed by atoms with Crippen molar-refractivity contribution in [3.8, 4) is 5.75 Å². The van der Waals surface area contributed by atoms with Gasteiger partial charge >= 0.3 is 12.0 Å². The number of amides is 2. The van der Waals surface area contributed by atoms with Crippen LogP contribution in [0.25, 0.3) is 0 Å². The van der Waals surface area contributed by atoms with Gasteiger partial charge in [-0.15, -0.1) is 0 Å². The number of hydrogen-bond donors (Lipinski definition) is 3. The average molecular weight is 316 g/mol.